The molecule has 0 radical (unpaired) electrons. The predicted octanol–water partition coefficient (Wildman–Crippen LogP) is 5.48. The van der Waals surface area contributed by atoms with E-state index in [2.05, 4.69) is 12.1 Å². The zero-order valence-corrected chi connectivity index (χ0v) is 15.0. The average Bonchev–Trinajstić information content (AvgIpc) is 2.61. The molecular formula is C19H13ClO2S2. The van der Waals surface area contributed by atoms with Gasteiger partial charge in [-0.1, -0.05) is 47.2 Å². The summed E-state index contributed by atoms with van der Waals surface area (Å²) in [6.07, 6.45) is 2.09. The van der Waals surface area contributed by atoms with Gasteiger partial charge in [-0.2, -0.15) is 0 Å². The van der Waals surface area contributed by atoms with E-state index in [9.17, 15) is 4.79 Å². The van der Waals surface area contributed by atoms with Crippen LogP contribution in [-0.2, 0) is 0 Å². The standard InChI is InChI=1S/C19H13ClO2S2/c20-13-5-7-14(8-6-13)22-11-12-9-10-23-18-15-3-1-2-4-16(15)24-19(21)17(12)18/h1-9H,10-11H2. The summed E-state index contributed by atoms with van der Waals surface area (Å²) >= 11 is 8.91. The van der Waals surface area contributed by atoms with E-state index in [1.807, 2.05) is 30.3 Å². The molecule has 0 bridgehead atoms. The van der Waals surface area contributed by atoms with Crippen molar-refractivity contribution in [3.05, 3.63) is 74.7 Å². The molecule has 1 aliphatic rings. The van der Waals surface area contributed by atoms with Gasteiger partial charge in [-0.15, -0.1) is 11.8 Å². The highest BCUT2D eigenvalue weighted by Gasteiger charge is 2.20. The number of rotatable bonds is 3. The number of ether oxygens (including phenoxy) is 1. The Hall–Kier alpha value is -1.75. The lowest BCUT2D eigenvalue weighted by Gasteiger charge is -2.18. The highest BCUT2D eigenvalue weighted by molar-refractivity contribution is 7.99. The monoisotopic (exact) mass is 372 g/mol. The Balaban J connectivity index is 1.70. The van der Waals surface area contributed by atoms with Crippen LogP contribution in [0, 0.1) is 0 Å². The minimum Gasteiger partial charge on any atom is -0.489 e. The smallest absolute Gasteiger partial charge is 0.241 e. The summed E-state index contributed by atoms with van der Waals surface area (Å²) in [5, 5.41) is 1.83. The Kier molecular flexibility index (Phi) is 4.35. The first-order valence-electron chi connectivity index (χ1n) is 7.49. The van der Waals surface area contributed by atoms with Gasteiger partial charge in [-0.3, -0.25) is 4.79 Å². The molecule has 0 fully saturated rings. The first-order valence-corrected chi connectivity index (χ1v) is 9.67. The third-order valence-electron chi connectivity index (χ3n) is 3.85. The summed E-state index contributed by atoms with van der Waals surface area (Å²) in [7, 11) is 0. The van der Waals surface area contributed by atoms with Gasteiger partial charge in [0.05, 0.1) is 5.56 Å². The minimum absolute atomic E-state index is 0.0989. The number of halogens is 1. The molecule has 4 rings (SSSR count). The molecule has 1 aliphatic heterocycles. The van der Waals surface area contributed by atoms with E-state index in [0.717, 1.165) is 37.6 Å². The first-order chi connectivity index (χ1) is 11.7. The lowest BCUT2D eigenvalue weighted by atomic mass is 10.1. The zero-order chi connectivity index (χ0) is 16.5. The lowest BCUT2D eigenvalue weighted by Crippen LogP contribution is -2.13. The van der Waals surface area contributed by atoms with E-state index in [-0.39, 0.29) is 4.74 Å². The summed E-state index contributed by atoms with van der Waals surface area (Å²) in [5.41, 5.74) is 1.76. The summed E-state index contributed by atoms with van der Waals surface area (Å²) in [4.78, 5) is 13.7. The van der Waals surface area contributed by atoms with Crippen molar-refractivity contribution >= 4 is 50.4 Å². The summed E-state index contributed by atoms with van der Waals surface area (Å²) < 4.78 is 6.99. The van der Waals surface area contributed by atoms with Crippen molar-refractivity contribution in [3.63, 3.8) is 0 Å². The molecule has 0 spiro atoms. The second-order valence-corrected chi connectivity index (χ2v) is 7.85. The molecule has 120 valence electrons. The Morgan fingerprint density at radius 1 is 1.08 bits per heavy atom. The molecule has 0 amide bonds. The fraction of sp³-hybridized carbons (Fsp3) is 0.105. The lowest BCUT2D eigenvalue weighted by molar-refractivity contribution is 0.369. The number of thioether (sulfide) groups is 1. The highest BCUT2D eigenvalue weighted by atomic mass is 35.5. The van der Waals surface area contributed by atoms with E-state index in [4.69, 9.17) is 16.3 Å². The van der Waals surface area contributed by atoms with Crippen LogP contribution in [0.1, 0.15) is 5.56 Å². The van der Waals surface area contributed by atoms with Crippen molar-refractivity contribution in [2.45, 2.75) is 4.90 Å². The third kappa shape index (κ3) is 2.97. The van der Waals surface area contributed by atoms with Gasteiger partial charge < -0.3 is 4.74 Å². The van der Waals surface area contributed by atoms with Crippen molar-refractivity contribution in [2.75, 3.05) is 12.4 Å². The molecular weight excluding hydrogens is 360 g/mol. The summed E-state index contributed by atoms with van der Waals surface area (Å²) in [5.74, 6) is 1.60. The molecule has 2 heterocycles. The van der Waals surface area contributed by atoms with Gasteiger partial charge in [0, 0.05) is 25.8 Å². The van der Waals surface area contributed by atoms with Crippen LogP contribution in [0.3, 0.4) is 0 Å². The number of fused-ring (bicyclic) bond motifs is 3. The van der Waals surface area contributed by atoms with Crippen molar-refractivity contribution in [1.82, 2.24) is 0 Å². The molecule has 2 nitrogen and oxygen atoms in total. The average molecular weight is 373 g/mol. The molecule has 0 saturated heterocycles. The van der Waals surface area contributed by atoms with Gasteiger partial charge in [0.25, 0.3) is 0 Å². The topological polar surface area (TPSA) is 26.3 Å². The van der Waals surface area contributed by atoms with E-state index in [0.29, 0.717) is 11.6 Å². The molecule has 2 aromatic carbocycles. The Morgan fingerprint density at radius 2 is 1.88 bits per heavy atom. The molecule has 1 aromatic heterocycles. The van der Waals surface area contributed by atoms with Crippen LogP contribution in [0.15, 0.2) is 64.3 Å². The summed E-state index contributed by atoms with van der Waals surface area (Å²) in [6.45, 7) is 0.384. The molecule has 0 unspecified atom stereocenters. The van der Waals surface area contributed by atoms with Gasteiger partial charge in [-0.05, 0) is 35.9 Å². The molecule has 0 aliphatic carbocycles. The second kappa shape index (κ2) is 6.63. The molecule has 24 heavy (non-hydrogen) atoms. The van der Waals surface area contributed by atoms with E-state index in [1.54, 1.807) is 23.9 Å². The van der Waals surface area contributed by atoms with Crippen LogP contribution < -0.4 is 9.48 Å². The van der Waals surface area contributed by atoms with Gasteiger partial charge >= 0.3 is 0 Å². The quantitative estimate of drug-likeness (QED) is 0.608. The summed E-state index contributed by atoms with van der Waals surface area (Å²) in [6, 6.07) is 15.3. The fourth-order valence-corrected chi connectivity index (χ4v) is 5.07. The van der Waals surface area contributed by atoms with Crippen LogP contribution in [0.2, 0.25) is 5.02 Å². The fourth-order valence-electron chi connectivity index (χ4n) is 2.70. The van der Waals surface area contributed by atoms with Gasteiger partial charge in [0.1, 0.15) is 12.4 Å². The largest absolute Gasteiger partial charge is 0.489 e. The molecule has 0 saturated carbocycles. The van der Waals surface area contributed by atoms with E-state index >= 15 is 0 Å². The van der Waals surface area contributed by atoms with Crippen LogP contribution in [0.25, 0.3) is 15.7 Å². The zero-order valence-electron chi connectivity index (χ0n) is 12.6. The van der Waals surface area contributed by atoms with Gasteiger partial charge in [-0.25, -0.2) is 0 Å². The minimum atomic E-state index is 0.0989. The first kappa shape index (κ1) is 15.8. The highest BCUT2D eigenvalue weighted by Crippen LogP contribution is 2.38. The predicted molar refractivity (Wildman–Crippen MR) is 104 cm³/mol. The van der Waals surface area contributed by atoms with E-state index < -0.39 is 0 Å². The normalized spacial score (nSPS) is 13.5. The molecule has 0 N–H and O–H groups in total. The van der Waals surface area contributed by atoms with E-state index in [1.165, 1.54) is 11.3 Å². The Morgan fingerprint density at radius 3 is 2.71 bits per heavy atom. The number of benzene rings is 2. The van der Waals surface area contributed by atoms with Crippen molar-refractivity contribution in [3.8, 4) is 5.75 Å². The molecule has 0 atom stereocenters. The molecule has 3 aromatic rings. The van der Waals surface area contributed by atoms with Crippen LogP contribution >= 0.6 is 34.7 Å². The SMILES string of the molecule is O=c1sc2ccccc2c2c1C(COc1ccc(Cl)cc1)=CCS2. The van der Waals surface area contributed by atoms with Crippen molar-refractivity contribution in [1.29, 1.82) is 0 Å². The van der Waals surface area contributed by atoms with Crippen molar-refractivity contribution < 1.29 is 4.74 Å². The maximum absolute atomic E-state index is 12.6. The van der Waals surface area contributed by atoms with Gasteiger partial charge in [0.2, 0.25) is 4.74 Å². The number of hydrogen-bond donors (Lipinski definition) is 0. The Bertz CT molecular complexity index is 990. The van der Waals surface area contributed by atoms with Crippen LogP contribution in [-0.4, -0.2) is 12.4 Å². The third-order valence-corrected chi connectivity index (χ3v) is 6.12. The molecule has 5 heteroatoms. The van der Waals surface area contributed by atoms with Crippen LogP contribution in [0.5, 0.6) is 5.75 Å². The van der Waals surface area contributed by atoms with Crippen molar-refractivity contribution in [2.24, 2.45) is 0 Å². The maximum atomic E-state index is 12.6. The second-order valence-electron chi connectivity index (χ2n) is 5.37. The Labute approximate surface area is 152 Å². The maximum Gasteiger partial charge on any atom is 0.241 e. The number of hydrogen-bond acceptors (Lipinski definition) is 4. The van der Waals surface area contributed by atoms with Crippen LogP contribution in [0.4, 0.5) is 0 Å². The van der Waals surface area contributed by atoms with Gasteiger partial charge in [0.15, 0.2) is 0 Å².